The minimum atomic E-state index is -1.24. The molecular weight excluding hydrogens is 260 g/mol. The first-order chi connectivity index (χ1) is 9.47. The fourth-order valence-corrected chi connectivity index (χ4v) is 1.65. The van der Waals surface area contributed by atoms with Crippen LogP contribution in [0.5, 0.6) is 5.75 Å². The zero-order chi connectivity index (χ0) is 14.7. The van der Waals surface area contributed by atoms with Crippen molar-refractivity contribution in [2.75, 3.05) is 5.32 Å². The Morgan fingerprint density at radius 1 is 1.20 bits per heavy atom. The van der Waals surface area contributed by atoms with Crippen LogP contribution < -0.4 is 5.32 Å². The summed E-state index contributed by atoms with van der Waals surface area (Å²) < 4.78 is 0. The summed E-state index contributed by atoms with van der Waals surface area (Å²) in [6.45, 7) is 1.77. The van der Waals surface area contributed by atoms with E-state index in [1.807, 2.05) is 0 Å². The van der Waals surface area contributed by atoms with E-state index < -0.39 is 17.6 Å². The molecule has 0 atom stereocenters. The van der Waals surface area contributed by atoms with Gasteiger partial charge in [-0.05, 0) is 31.2 Å². The van der Waals surface area contributed by atoms with Crippen molar-refractivity contribution in [2.45, 2.75) is 6.92 Å². The summed E-state index contributed by atoms with van der Waals surface area (Å²) >= 11 is 0. The number of hydrogen-bond donors (Lipinski definition) is 3. The number of hydrogen-bond acceptors (Lipinski definition) is 4. The fraction of sp³-hybridized carbons (Fsp3) is 0.0714. The number of carboxylic acid groups (broad SMARTS) is 1. The monoisotopic (exact) mass is 272 g/mol. The van der Waals surface area contributed by atoms with Gasteiger partial charge in [-0.25, -0.2) is 9.78 Å². The number of pyridine rings is 1. The second kappa shape index (κ2) is 5.40. The summed E-state index contributed by atoms with van der Waals surface area (Å²) in [4.78, 5) is 26.8. The van der Waals surface area contributed by atoms with E-state index >= 15 is 0 Å². The number of amides is 1. The molecule has 0 fully saturated rings. The number of nitrogens with zero attached hydrogens (tertiary/aromatic N) is 1. The third-order valence-electron chi connectivity index (χ3n) is 2.61. The van der Waals surface area contributed by atoms with Crippen LogP contribution in [0.25, 0.3) is 0 Å². The molecule has 0 aliphatic carbocycles. The smallest absolute Gasteiger partial charge is 0.339 e. The van der Waals surface area contributed by atoms with E-state index in [1.54, 1.807) is 25.1 Å². The van der Waals surface area contributed by atoms with E-state index in [9.17, 15) is 14.7 Å². The molecule has 2 aromatic rings. The molecule has 0 radical (unpaired) electrons. The zero-order valence-corrected chi connectivity index (χ0v) is 10.6. The van der Waals surface area contributed by atoms with Crippen LogP contribution in [-0.4, -0.2) is 27.1 Å². The van der Waals surface area contributed by atoms with Crippen LogP contribution in [0.3, 0.4) is 0 Å². The van der Waals surface area contributed by atoms with Gasteiger partial charge in [0.05, 0.1) is 0 Å². The normalized spacial score (nSPS) is 10.1. The molecule has 1 aromatic carbocycles. The molecule has 20 heavy (non-hydrogen) atoms. The summed E-state index contributed by atoms with van der Waals surface area (Å²) in [6, 6.07) is 8.84. The number of carbonyl (C=O) groups is 2. The first-order valence-electron chi connectivity index (χ1n) is 5.78. The third-order valence-corrected chi connectivity index (χ3v) is 2.61. The Labute approximate surface area is 114 Å². The lowest BCUT2D eigenvalue weighted by Gasteiger charge is -2.07. The van der Waals surface area contributed by atoms with Crippen molar-refractivity contribution in [1.82, 2.24) is 4.98 Å². The van der Waals surface area contributed by atoms with Gasteiger partial charge in [0, 0.05) is 17.4 Å². The largest absolute Gasteiger partial charge is 0.507 e. The molecule has 0 unspecified atom stereocenters. The SMILES string of the molecule is Cc1cccc(C(=O)Nc2ccc(C(=O)O)c(O)c2)n1. The second-order valence-corrected chi connectivity index (χ2v) is 4.16. The van der Waals surface area contributed by atoms with Gasteiger partial charge in [-0.3, -0.25) is 4.79 Å². The highest BCUT2D eigenvalue weighted by molar-refractivity contribution is 6.03. The number of phenols is 1. The van der Waals surface area contributed by atoms with Gasteiger partial charge in [-0.2, -0.15) is 0 Å². The van der Waals surface area contributed by atoms with Crippen LogP contribution in [0.2, 0.25) is 0 Å². The van der Waals surface area contributed by atoms with Gasteiger partial charge in [0.15, 0.2) is 0 Å². The molecular formula is C14H12N2O4. The van der Waals surface area contributed by atoms with Crippen LogP contribution in [0.15, 0.2) is 36.4 Å². The molecule has 6 heteroatoms. The predicted octanol–water partition coefficient (Wildman–Crippen LogP) is 2.05. The van der Waals surface area contributed by atoms with E-state index in [-0.39, 0.29) is 11.3 Å². The van der Waals surface area contributed by atoms with Crippen LogP contribution >= 0.6 is 0 Å². The molecule has 0 bridgehead atoms. The minimum absolute atomic E-state index is 0.225. The number of aryl methyl sites for hydroxylation is 1. The van der Waals surface area contributed by atoms with Gasteiger partial charge < -0.3 is 15.5 Å². The van der Waals surface area contributed by atoms with E-state index in [2.05, 4.69) is 10.3 Å². The maximum absolute atomic E-state index is 11.9. The molecule has 1 aromatic heterocycles. The van der Waals surface area contributed by atoms with E-state index in [0.29, 0.717) is 11.4 Å². The lowest BCUT2D eigenvalue weighted by atomic mass is 10.2. The van der Waals surface area contributed by atoms with Gasteiger partial charge in [0.1, 0.15) is 17.0 Å². The Balaban J connectivity index is 2.20. The molecule has 0 spiro atoms. The topological polar surface area (TPSA) is 99.5 Å². The molecule has 2 rings (SSSR count). The Morgan fingerprint density at radius 3 is 2.55 bits per heavy atom. The molecule has 0 aliphatic rings. The van der Waals surface area contributed by atoms with Crippen LogP contribution in [0.1, 0.15) is 26.5 Å². The molecule has 6 nitrogen and oxygen atoms in total. The van der Waals surface area contributed by atoms with E-state index in [0.717, 1.165) is 0 Å². The number of carbonyl (C=O) groups excluding carboxylic acids is 1. The molecule has 0 aliphatic heterocycles. The van der Waals surface area contributed by atoms with Crippen LogP contribution in [-0.2, 0) is 0 Å². The number of rotatable bonds is 3. The van der Waals surface area contributed by atoms with E-state index in [4.69, 9.17) is 5.11 Å². The summed E-state index contributed by atoms with van der Waals surface area (Å²) in [5.41, 5.74) is 1.02. The third kappa shape index (κ3) is 2.92. The van der Waals surface area contributed by atoms with Crippen molar-refractivity contribution in [1.29, 1.82) is 0 Å². The number of aromatic hydroxyl groups is 1. The molecule has 0 saturated heterocycles. The van der Waals surface area contributed by atoms with Crippen molar-refractivity contribution in [3.63, 3.8) is 0 Å². The first kappa shape index (κ1) is 13.5. The van der Waals surface area contributed by atoms with Crippen molar-refractivity contribution in [3.8, 4) is 5.75 Å². The number of aromatic carboxylic acids is 1. The first-order valence-corrected chi connectivity index (χ1v) is 5.78. The number of carboxylic acids is 1. The van der Waals surface area contributed by atoms with Crippen LogP contribution in [0, 0.1) is 6.92 Å². The molecule has 0 saturated carbocycles. The Hall–Kier alpha value is -2.89. The average molecular weight is 272 g/mol. The maximum atomic E-state index is 11.9. The lowest BCUT2D eigenvalue weighted by molar-refractivity contribution is 0.0693. The molecule has 1 amide bonds. The Bertz CT molecular complexity index is 683. The van der Waals surface area contributed by atoms with Crippen molar-refractivity contribution in [3.05, 3.63) is 53.3 Å². The minimum Gasteiger partial charge on any atom is -0.507 e. The highest BCUT2D eigenvalue weighted by atomic mass is 16.4. The zero-order valence-electron chi connectivity index (χ0n) is 10.6. The fourth-order valence-electron chi connectivity index (χ4n) is 1.65. The summed E-state index contributed by atoms with van der Waals surface area (Å²) in [7, 11) is 0. The number of benzene rings is 1. The Kier molecular flexibility index (Phi) is 3.65. The second-order valence-electron chi connectivity index (χ2n) is 4.16. The van der Waals surface area contributed by atoms with E-state index in [1.165, 1.54) is 18.2 Å². The highest BCUT2D eigenvalue weighted by Crippen LogP contribution is 2.22. The molecule has 1 heterocycles. The number of anilines is 1. The predicted molar refractivity (Wildman–Crippen MR) is 72.0 cm³/mol. The van der Waals surface area contributed by atoms with Crippen molar-refractivity contribution < 1.29 is 19.8 Å². The van der Waals surface area contributed by atoms with Gasteiger partial charge in [-0.15, -0.1) is 0 Å². The van der Waals surface area contributed by atoms with Crippen molar-refractivity contribution in [2.24, 2.45) is 0 Å². The Morgan fingerprint density at radius 2 is 1.95 bits per heavy atom. The van der Waals surface area contributed by atoms with Crippen LogP contribution in [0.4, 0.5) is 5.69 Å². The maximum Gasteiger partial charge on any atom is 0.339 e. The summed E-state index contributed by atoms with van der Waals surface area (Å²) in [5, 5.41) is 20.9. The number of nitrogens with one attached hydrogen (secondary N) is 1. The highest BCUT2D eigenvalue weighted by Gasteiger charge is 2.12. The van der Waals surface area contributed by atoms with Gasteiger partial charge >= 0.3 is 5.97 Å². The summed E-state index contributed by atoms with van der Waals surface area (Å²) in [5.74, 6) is -2.08. The number of aromatic nitrogens is 1. The quantitative estimate of drug-likeness (QED) is 0.794. The molecule has 102 valence electrons. The standard InChI is InChI=1S/C14H12N2O4/c1-8-3-2-4-11(15-8)13(18)16-9-5-6-10(14(19)20)12(17)7-9/h2-7,17H,1H3,(H,16,18)(H,19,20). The lowest BCUT2D eigenvalue weighted by Crippen LogP contribution is -2.14. The molecule has 3 N–H and O–H groups in total. The average Bonchev–Trinajstić information content (AvgIpc) is 2.38. The van der Waals surface area contributed by atoms with Gasteiger partial charge in [0.2, 0.25) is 0 Å². The van der Waals surface area contributed by atoms with Crippen molar-refractivity contribution >= 4 is 17.6 Å². The van der Waals surface area contributed by atoms with Gasteiger partial charge in [0.25, 0.3) is 5.91 Å². The van der Waals surface area contributed by atoms with Gasteiger partial charge in [-0.1, -0.05) is 6.07 Å². The summed E-state index contributed by atoms with van der Waals surface area (Å²) in [6.07, 6.45) is 0.